The molecule has 1 fully saturated rings. The molecule has 1 aliphatic rings. The van der Waals surface area contributed by atoms with Crippen LogP contribution in [0.2, 0.25) is 0 Å². The summed E-state index contributed by atoms with van der Waals surface area (Å²) in [6, 6.07) is 11.0. The summed E-state index contributed by atoms with van der Waals surface area (Å²) in [6.45, 7) is 7.80. The summed E-state index contributed by atoms with van der Waals surface area (Å²) in [5.41, 5.74) is 3.64. The standard InChI is InChI=1S/C26H27N5O3/c1-14(2)31-24-22(13-27-31)21(12-23(30-24)20-10-15(3)34-16(20)4)26(33)29-19-7-5-6-17(11-19)25(32)28-18-8-9-18/h5-7,10-14,18H,8-9H2,1-4H3,(H,28,32)(H,29,33). The Morgan fingerprint density at radius 2 is 1.91 bits per heavy atom. The van der Waals surface area contributed by atoms with Crippen molar-refractivity contribution in [2.75, 3.05) is 5.32 Å². The van der Waals surface area contributed by atoms with Gasteiger partial charge in [0.1, 0.15) is 11.5 Å². The van der Waals surface area contributed by atoms with E-state index in [1.807, 2.05) is 33.8 Å². The van der Waals surface area contributed by atoms with Crippen molar-refractivity contribution in [1.82, 2.24) is 20.1 Å². The molecule has 0 atom stereocenters. The van der Waals surface area contributed by atoms with E-state index in [-0.39, 0.29) is 23.9 Å². The third-order valence-electron chi connectivity index (χ3n) is 5.91. The molecule has 1 aliphatic carbocycles. The second kappa shape index (κ2) is 8.44. The monoisotopic (exact) mass is 457 g/mol. The molecule has 0 saturated heterocycles. The van der Waals surface area contributed by atoms with E-state index in [2.05, 4.69) is 15.7 Å². The average molecular weight is 458 g/mol. The quantitative estimate of drug-likeness (QED) is 0.423. The van der Waals surface area contributed by atoms with Crippen LogP contribution in [-0.2, 0) is 0 Å². The highest BCUT2D eigenvalue weighted by molar-refractivity contribution is 6.13. The molecule has 0 unspecified atom stereocenters. The van der Waals surface area contributed by atoms with E-state index >= 15 is 0 Å². The van der Waals surface area contributed by atoms with Crippen LogP contribution in [0.4, 0.5) is 5.69 Å². The Bertz CT molecular complexity index is 1410. The van der Waals surface area contributed by atoms with Crippen molar-refractivity contribution < 1.29 is 14.0 Å². The number of nitrogens with one attached hydrogen (secondary N) is 2. The third-order valence-corrected chi connectivity index (χ3v) is 5.91. The van der Waals surface area contributed by atoms with Gasteiger partial charge in [0.2, 0.25) is 0 Å². The lowest BCUT2D eigenvalue weighted by atomic mass is 10.1. The second-order valence-corrected chi connectivity index (χ2v) is 9.08. The molecule has 0 radical (unpaired) electrons. The molecule has 3 heterocycles. The summed E-state index contributed by atoms with van der Waals surface area (Å²) >= 11 is 0. The molecule has 34 heavy (non-hydrogen) atoms. The zero-order valence-corrected chi connectivity index (χ0v) is 19.7. The zero-order valence-electron chi connectivity index (χ0n) is 19.7. The van der Waals surface area contributed by atoms with Crippen molar-refractivity contribution >= 4 is 28.5 Å². The predicted molar refractivity (Wildman–Crippen MR) is 130 cm³/mol. The normalized spacial score (nSPS) is 13.4. The van der Waals surface area contributed by atoms with Crippen molar-refractivity contribution in [2.45, 2.75) is 52.6 Å². The topological polar surface area (TPSA) is 102 Å². The van der Waals surface area contributed by atoms with Gasteiger partial charge in [-0.15, -0.1) is 0 Å². The molecule has 174 valence electrons. The van der Waals surface area contributed by atoms with Gasteiger partial charge in [0.25, 0.3) is 11.8 Å². The molecule has 8 nitrogen and oxygen atoms in total. The number of amides is 2. The van der Waals surface area contributed by atoms with E-state index < -0.39 is 0 Å². The van der Waals surface area contributed by atoms with Gasteiger partial charge in [0, 0.05) is 28.9 Å². The summed E-state index contributed by atoms with van der Waals surface area (Å²) < 4.78 is 7.51. The fourth-order valence-electron chi connectivity index (χ4n) is 4.04. The lowest BCUT2D eigenvalue weighted by Gasteiger charge is -2.11. The summed E-state index contributed by atoms with van der Waals surface area (Å²) in [7, 11) is 0. The number of anilines is 1. The van der Waals surface area contributed by atoms with Crippen molar-refractivity contribution in [3.8, 4) is 11.3 Å². The maximum absolute atomic E-state index is 13.4. The summed E-state index contributed by atoms with van der Waals surface area (Å²) in [4.78, 5) is 30.7. The lowest BCUT2D eigenvalue weighted by Crippen LogP contribution is -2.25. The van der Waals surface area contributed by atoms with Gasteiger partial charge in [-0.1, -0.05) is 6.07 Å². The van der Waals surface area contributed by atoms with Crippen LogP contribution >= 0.6 is 0 Å². The molecule has 0 bridgehead atoms. The highest BCUT2D eigenvalue weighted by Crippen LogP contribution is 2.30. The number of fused-ring (bicyclic) bond motifs is 1. The van der Waals surface area contributed by atoms with Gasteiger partial charge < -0.3 is 15.1 Å². The molecule has 2 amide bonds. The van der Waals surface area contributed by atoms with Gasteiger partial charge in [-0.05, 0) is 70.9 Å². The van der Waals surface area contributed by atoms with Gasteiger partial charge in [-0.2, -0.15) is 5.10 Å². The van der Waals surface area contributed by atoms with Crippen LogP contribution in [0.3, 0.4) is 0 Å². The molecule has 0 aliphatic heterocycles. The highest BCUT2D eigenvalue weighted by Gasteiger charge is 2.24. The van der Waals surface area contributed by atoms with Crippen LogP contribution in [-0.4, -0.2) is 32.6 Å². The first kappa shape index (κ1) is 21.9. The molecule has 5 rings (SSSR count). The van der Waals surface area contributed by atoms with Crippen molar-refractivity contribution in [1.29, 1.82) is 0 Å². The van der Waals surface area contributed by atoms with Crippen LogP contribution in [0.15, 0.2) is 47.0 Å². The molecule has 1 aromatic carbocycles. The number of nitrogens with zero attached hydrogens (tertiary/aromatic N) is 3. The number of furan rings is 1. The molecule has 4 aromatic rings. The zero-order chi connectivity index (χ0) is 24.0. The van der Waals surface area contributed by atoms with Crippen LogP contribution in [0.5, 0.6) is 0 Å². The van der Waals surface area contributed by atoms with Crippen LogP contribution in [0.25, 0.3) is 22.3 Å². The minimum atomic E-state index is -0.297. The predicted octanol–water partition coefficient (Wildman–Crippen LogP) is 5.03. The largest absolute Gasteiger partial charge is 0.466 e. The molecular formula is C26H27N5O3. The Morgan fingerprint density at radius 3 is 2.59 bits per heavy atom. The Kier molecular flexibility index (Phi) is 5.43. The van der Waals surface area contributed by atoms with Gasteiger partial charge >= 0.3 is 0 Å². The SMILES string of the molecule is Cc1cc(-c2cc(C(=O)Nc3cccc(C(=O)NC4CC4)c3)c3cnn(C(C)C)c3n2)c(C)o1. The first-order valence-electron chi connectivity index (χ1n) is 11.5. The number of aromatic nitrogens is 3. The number of hydrogen-bond donors (Lipinski definition) is 2. The molecule has 0 spiro atoms. The van der Waals surface area contributed by atoms with Crippen LogP contribution in [0, 0.1) is 13.8 Å². The maximum atomic E-state index is 13.4. The third kappa shape index (κ3) is 4.19. The number of aryl methyl sites for hydroxylation is 2. The van der Waals surface area contributed by atoms with Crippen LogP contribution in [0.1, 0.15) is 65.0 Å². The Labute approximate surface area is 197 Å². The average Bonchev–Trinajstić information content (AvgIpc) is 3.39. The molecule has 2 N–H and O–H groups in total. The number of rotatable bonds is 6. The van der Waals surface area contributed by atoms with Gasteiger partial charge in [-0.3, -0.25) is 9.59 Å². The van der Waals surface area contributed by atoms with Crippen LogP contribution < -0.4 is 10.6 Å². The second-order valence-electron chi connectivity index (χ2n) is 9.08. The van der Waals surface area contributed by atoms with E-state index in [0.717, 1.165) is 29.9 Å². The smallest absolute Gasteiger partial charge is 0.256 e. The lowest BCUT2D eigenvalue weighted by molar-refractivity contribution is 0.0949. The molecule has 8 heteroatoms. The van der Waals surface area contributed by atoms with E-state index in [1.54, 1.807) is 41.2 Å². The minimum Gasteiger partial charge on any atom is -0.466 e. The van der Waals surface area contributed by atoms with E-state index in [0.29, 0.717) is 33.5 Å². The van der Waals surface area contributed by atoms with Gasteiger partial charge in [0.15, 0.2) is 5.65 Å². The summed E-state index contributed by atoms with van der Waals surface area (Å²) in [5.74, 6) is 1.09. The summed E-state index contributed by atoms with van der Waals surface area (Å²) in [5, 5.41) is 11.1. The van der Waals surface area contributed by atoms with Gasteiger partial charge in [0.05, 0.1) is 22.8 Å². The Morgan fingerprint density at radius 1 is 1.12 bits per heavy atom. The number of carbonyl (C=O) groups excluding carboxylic acids is 2. The fourth-order valence-corrected chi connectivity index (χ4v) is 4.04. The fraction of sp³-hybridized carbons (Fsp3) is 0.308. The first-order valence-corrected chi connectivity index (χ1v) is 11.5. The molecular weight excluding hydrogens is 430 g/mol. The Balaban J connectivity index is 1.53. The van der Waals surface area contributed by atoms with Crippen molar-refractivity contribution in [3.05, 3.63) is 65.2 Å². The van der Waals surface area contributed by atoms with E-state index in [4.69, 9.17) is 9.40 Å². The molecule has 3 aromatic heterocycles. The number of pyridine rings is 1. The van der Waals surface area contributed by atoms with E-state index in [1.165, 1.54) is 0 Å². The number of carbonyl (C=O) groups is 2. The maximum Gasteiger partial charge on any atom is 0.256 e. The first-order chi connectivity index (χ1) is 16.3. The van der Waals surface area contributed by atoms with E-state index in [9.17, 15) is 9.59 Å². The molecule has 1 saturated carbocycles. The number of hydrogen-bond acceptors (Lipinski definition) is 5. The minimum absolute atomic E-state index is 0.0741. The number of benzene rings is 1. The van der Waals surface area contributed by atoms with Gasteiger partial charge in [-0.25, -0.2) is 9.67 Å². The highest BCUT2D eigenvalue weighted by atomic mass is 16.3. The van der Waals surface area contributed by atoms with Crippen molar-refractivity contribution in [2.24, 2.45) is 0 Å². The van der Waals surface area contributed by atoms with Crippen molar-refractivity contribution in [3.63, 3.8) is 0 Å². The Hall–Kier alpha value is -3.94. The summed E-state index contributed by atoms with van der Waals surface area (Å²) in [6.07, 6.45) is 3.71.